The maximum atomic E-state index is 12.9. The lowest BCUT2D eigenvalue weighted by molar-refractivity contribution is -0.165. The number of aryl methyl sites for hydroxylation is 1. The summed E-state index contributed by atoms with van der Waals surface area (Å²) in [5, 5.41) is 3.64. The van der Waals surface area contributed by atoms with Crippen molar-refractivity contribution in [1.29, 1.82) is 0 Å². The molecule has 0 spiro atoms. The Morgan fingerprint density at radius 1 is 1.32 bits per heavy atom. The van der Waals surface area contributed by atoms with Crippen LogP contribution in [0.2, 0.25) is 0 Å². The maximum absolute atomic E-state index is 12.9. The predicted molar refractivity (Wildman–Crippen MR) is 74.6 cm³/mol. The molecular formula is C15H17FN2O4. The summed E-state index contributed by atoms with van der Waals surface area (Å²) in [6.45, 7) is 6.41. The fourth-order valence-electron chi connectivity index (χ4n) is 1.67. The van der Waals surface area contributed by atoms with Gasteiger partial charge in [0.2, 0.25) is 0 Å². The minimum Gasteiger partial charge on any atom is -0.476 e. The van der Waals surface area contributed by atoms with Crippen molar-refractivity contribution in [3.05, 3.63) is 41.8 Å². The number of hydrogen-bond acceptors (Lipinski definition) is 6. The number of ether oxygens (including phenoxy) is 2. The van der Waals surface area contributed by atoms with Gasteiger partial charge in [-0.1, -0.05) is 5.16 Å². The van der Waals surface area contributed by atoms with Crippen molar-refractivity contribution in [3.8, 4) is 5.75 Å². The Morgan fingerprint density at radius 3 is 2.50 bits per heavy atom. The van der Waals surface area contributed by atoms with Crippen LogP contribution in [0.5, 0.6) is 5.75 Å². The van der Waals surface area contributed by atoms with Crippen molar-refractivity contribution in [1.82, 2.24) is 10.1 Å². The molecular weight excluding hydrogens is 291 g/mol. The van der Waals surface area contributed by atoms with Crippen LogP contribution in [0.15, 0.2) is 28.8 Å². The first kappa shape index (κ1) is 15.9. The highest BCUT2D eigenvalue weighted by atomic mass is 19.1. The fraction of sp³-hybridized carbons (Fsp3) is 0.400. The summed E-state index contributed by atoms with van der Waals surface area (Å²) in [6.07, 6.45) is -0.690. The molecule has 6 nitrogen and oxygen atoms in total. The molecule has 1 atom stereocenters. The van der Waals surface area contributed by atoms with Crippen LogP contribution in [0.1, 0.15) is 38.6 Å². The van der Waals surface area contributed by atoms with Crippen LogP contribution in [0, 0.1) is 12.7 Å². The van der Waals surface area contributed by atoms with Gasteiger partial charge in [-0.3, -0.25) is 0 Å². The smallest absolute Gasteiger partial charge is 0.350 e. The summed E-state index contributed by atoms with van der Waals surface area (Å²) in [6, 6.07) is 5.38. The third-order valence-corrected chi connectivity index (χ3v) is 2.85. The van der Waals surface area contributed by atoms with Gasteiger partial charge in [0.15, 0.2) is 17.5 Å². The lowest BCUT2D eigenvalue weighted by Gasteiger charge is -2.25. The number of aromatic nitrogens is 2. The Bertz CT molecular complexity index is 652. The summed E-state index contributed by atoms with van der Waals surface area (Å²) in [4.78, 5) is 16.2. The monoisotopic (exact) mass is 308 g/mol. The van der Waals surface area contributed by atoms with E-state index in [0.717, 1.165) is 0 Å². The number of nitrogens with zero attached hydrogens (tertiary/aromatic N) is 2. The molecule has 0 saturated carbocycles. The van der Waals surface area contributed by atoms with Crippen LogP contribution in [-0.4, -0.2) is 21.7 Å². The average Bonchev–Trinajstić information content (AvgIpc) is 2.88. The van der Waals surface area contributed by atoms with Crippen LogP contribution in [0.4, 0.5) is 4.39 Å². The van der Waals surface area contributed by atoms with Gasteiger partial charge in [0, 0.05) is 0 Å². The number of halogens is 1. The van der Waals surface area contributed by atoms with E-state index in [-0.39, 0.29) is 11.7 Å². The first-order chi connectivity index (χ1) is 10.3. The van der Waals surface area contributed by atoms with Crippen molar-refractivity contribution in [2.45, 2.75) is 39.4 Å². The molecule has 7 heteroatoms. The summed E-state index contributed by atoms with van der Waals surface area (Å²) < 4.78 is 28.6. The van der Waals surface area contributed by atoms with Gasteiger partial charge in [0.05, 0.1) is 0 Å². The number of esters is 1. The first-order valence-electron chi connectivity index (χ1n) is 6.74. The van der Waals surface area contributed by atoms with Gasteiger partial charge < -0.3 is 14.0 Å². The van der Waals surface area contributed by atoms with Crippen LogP contribution in [0.25, 0.3) is 0 Å². The van der Waals surface area contributed by atoms with Gasteiger partial charge in [-0.25, -0.2) is 9.18 Å². The zero-order chi connectivity index (χ0) is 16.3. The van der Waals surface area contributed by atoms with E-state index in [0.29, 0.717) is 11.6 Å². The highest BCUT2D eigenvalue weighted by molar-refractivity contribution is 5.79. The van der Waals surface area contributed by atoms with Gasteiger partial charge in [-0.05, 0) is 52.0 Å². The number of rotatable bonds is 5. The lowest BCUT2D eigenvalue weighted by atomic mass is 10.1. The molecule has 0 N–H and O–H groups in total. The second-order valence-electron chi connectivity index (χ2n) is 5.29. The van der Waals surface area contributed by atoms with Gasteiger partial charge in [-0.2, -0.15) is 4.98 Å². The molecule has 0 radical (unpaired) electrons. The summed E-state index contributed by atoms with van der Waals surface area (Å²) >= 11 is 0. The van der Waals surface area contributed by atoms with Gasteiger partial charge in [-0.15, -0.1) is 0 Å². The average molecular weight is 308 g/mol. The van der Waals surface area contributed by atoms with Crippen molar-refractivity contribution < 1.29 is 23.2 Å². The standard InChI is InChI=1S/C15H17FN2O4/c1-9(13-17-10(2)18-22-13)20-14(19)15(3,4)21-12-7-5-11(16)6-8-12/h5-9H,1-4H3. The third-order valence-electron chi connectivity index (χ3n) is 2.85. The van der Waals surface area contributed by atoms with E-state index in [1.807, 2.05) is 0 Å². The van der Waals surface area contributed by atoms with E-state index < -0.39 is 17.7 Å². The topological polar surface area (TPSA) is 74.5 Å². The van der Waals surface area contributed by atoms with Crippen molar-refractivity contribution in [3.63, 3.8) is 0 Å². The first-order valence-corrected chi connectivity index (χ1v) is 6.74. The van der Waals surface area contributed by atoms with E-state index in [9.17, 15) is 9.18 Å². The molecule has 0 saturated heterocycles. The fourth-order valence-corrected chi connectivity index (χ4v) is 1.67. The highest BCUT2D eigenvalue weighted by Gasteiger charge is 2.34. The van der Waals surface area contributed by atoms with Crippen LogP contribution >= 0.6 is 0 Å². The lowest BCUT2D eigenvalue weighted by Crippen LogP contribution is -2.40. The second kappa shape index (κ2) is 6.13. The zero-order valence-corrected chi connectivity index (χ0v) is 12.8. The minimum absolute atomic E-state index is 0.212. The number of carbonyl (C=O) groups excluding carboxylic acids is 1. The molecule has 0 aliphatic heterocycles. The Labute approximate surface area is 127 Å². The van der Waals surface area contributed by atoms with Crippen molar-refractivity contribution in [2.24, 2.45) is 0 Å². The van der Waals surface area contributed by atoms with Crippen molar-refractivity contribution in [2.75, 3.05) is 0 Å². The van der Waals surface area contributed by atoms with Crippen LogP contribution < -0.4 is 4.74 Å². The summed E-state index contributed by atoms with van der Waals surface area (Å²) in [7, 11) is 0. The molecule has 1 unspecified atom stereocenters. The Morgan fingerprint density at radius 2 is 1.95 bits per heavy atom. The van der Waals surface area contributed by atoms with Crippen LogP contribution in [-0.2, 0) is 9.53 Å². The third kappa shape index (κ3) is 3.81. The molecule has 0 aliphatic rings. The zero-order valence-electron chi connectivity index (χ0n) is 12.8. The Hall–Kier alpha value is -2.44. The number of benzene rings is 1. The molecule has 0 aliphatic carbocycles. The molecule has 1 heterocycles. The number of hydrogen-bond donors (Lipinski definition) is 0. The quantitative estimate of drug-likeness (QED) is 0.791. The van der Waals surface area contributed by atoms with Crippen molar-refractivity contribution >= 4 is 5.97 Å². The second-order valence-corrected chi connectivity index (χ2v) is 5.29. The maximum Gasteiger partial charge on any atom is 0.350 e. The molecule has 1 aromatic carbocycles. The van der Waals surface area contributed by atoms with Gasteiger partial charge in [0.1, 0.15) is 11.6 Å². The van der Waals surface area contributed by atoms with E-state index in [2.05, 4.69) is 10.1 Å². The molecule has 0 bridgehead atoms. The van der Waals surface area contributed by atoms with E-state index >= 15 is 0 Å². The Kier molecular flexibility index (Phi) is 4.44. The molecule has 0 fully saturated rings. The predicted octanol–water partition coefficient (Wildman–Crippen LogP) is 2.98. The van der Waals surface area contributed by atoms with Crippen LogP contribution in [0.3, 0.4) is 0 Å². The number of carbonyl (C=O) groups is 1. The molecule has 1 aromatic heterocycles. The Balaban J connectivity index is 2.02. The van der Waals surface area contributed by atoms with Gasteiger partial charge >= 0.3 is 5.97 Å². The molecule has 22 heavy (non-hydrogen) atoms. The SMILES string of the molecule is Cc1noc(C(C)OC(=O)C(C)(C)Oc2ccc(F)cc2)n1. The molecule has 0 amide bonds. The largest absolute Gasteiger partial charge is 0.476 e. The van der Waals surface area contributed by atoms with E-state index in [1.165, 1.54) is 24.3 Å². The molecule has 2 rings (SSSR count). The van der Waals surface area contributed by atoms with Gasteiger partial charge in [0.25, 0.3) is 5.89 Å². The van der Waals surface area contributed by atoms with E-state index in [1.54, 1.807) is 27.7 Å². The normalized spacial score (nSPS) is 12.8. The molecule has 118 valence electrons. The minimum atomic E-state index is -1.25. The molecule has 2 aromatic rings. The summed E-state index contributed by atoms with van der Waals surface area (Å²) in [5.74, 6) is 0.0566. The van der Waals surface area contributed by atoms with E-state index in [4.69, 9.17) is 14.0 Å². The summed E-state index contributed by atoms with van der Waals surface area (Å²) in [5.41, 5.74) is -1.25. The highest BCUT2D eigenvalue weighted by Crippen LogP contribution is 2.23.